The summed E-state index contributed by atoms with van der Waals surface area (Å²) in [6.45, 7) is 2.24. The molecule has 0 aliphatic carbocycles. The molecule has 1 aromatic carbocycles. The van der Waals surface area contributed by atoms with Gasteiger partial charge in [-0.1, -0.05) is 12.1 Å². The first kappa shape index (κ1) is 13.1. The summed E-state index contributed by atoms with van der Waals surface area (Å²) in [6, 6.07) is 10.7. The number of methoxy groups -OCH3 is 1. The van der Waals surface area contributed by atoms with Crippen LogP contribution in [0, 0.1) is 6.92 Å². The largest absolute Gasteiger partial charge is 0.497 e. The van der Waals surface area contributed by atoms with Crippen molar-refractivity contribution in [2.45, 2.75) is 13.5 Å². The van der Waals surface area contributed by atoms with E-state index in [0.29, 0.717) is 17.9 Å². The topological polar surface area (TPSA) is 48.4 Å². The highest BCUT2D eigenvalue weighted by atomic mass is 16.5. The molecule has 19 heavy (non-hydrogen) atoms. The second kappa shape index (κ2) is 6.00. The number of hydrogen-bond donors (Lipinski definition) is 0. The van der Waals surface area contributed by atoms with Gasteiger partial charge in [0.2, 0.25) is 0 Å². The van der Waals surface area contributed by atoms with E-state index in [9.17, 15) is 4.79 Å². The summed E-state index contributed by atoms with van der Waals surface area (Å²) in [5, 5.41) is 0. The number of aromatic nitrogens is 1. The molecule has 4 heteroatoms. The monoisotopic (exact) mass is 257 g/mol. The summed E-state index contributed by atoms with van der Waals surface area (Å²) in [7, 11) is 1.62. The zero-order valence-electron chi connectivity index (χ0n) is 10.9. The van der Waals surface area contributed by atoms with Crippen LogP contribution in [0.2, 0.25) is 0 Å². The van der Waals surface area contributed by atoms with E-state index >= 15 is 0 Å². The molecule has 0 saturated carbocycles. The number of rotatable bonds is 5. The first-order valence-electron chi connectivity index (χ1n) is 5.91. The van der Waals surface area contributed by atoms with Crippen LogP contribution in [0.1, 0.15) is 21.7 Å². The second-order valence-corrected chi connectivity index (χ2v) is 4.12. The molecule has 1 aromatic heterocycles. The number of pyridine rings is 1. The molecule has 0 fully saturated rings. The Hall–Kier alpha value is -2.36. The van der Waals surface area contributed by atoms with Gasteiger partial charge < -0.3 is 9.47 Å². The van der Waals surface area contributed by atoms with Crippen LogP contribution in [-0.2, 0) is 6.61 Å². The summed E-state index contributed by atoms with van der Waals surface area (Å²) < 4.78 is 10.8. The van der Waals surface area contributed by atoms with Crippen LogP contribution in [0.25, 0.3) is 0 Å². The molecule has 98 valence electrons. The number of benzene rings is 1. The maximum Gasteiger partial charge on any atom is 0.150 e. The molecule has 0 bridgehead atoms. The van der Waals surface area contributed by atoms with Crippen LogP contribution in [0.3, 0.4) is 0 Å². The van der Waals surface area contributed by atoms with E-state index in [1.165, 1.54) is 0 Å². The van der Waals surface area contributed by atoms with Gasteiger partial charge >= 0.3 is 0 Å². The molecule has 0 N–H and O–H groups in total. The first-order chi connectivity index (χ1) is 9.21. The van der Waals surface area contributed by atoms with E-state index in [1.54, 1.807) is 31.4 Å². The highest BCUT2D eigenvalue weighted by molar-refractivity contribution is 5.75. The number of carbonyl (C=O) groups excluding carboxylic acids is 1. The molecule has 0 saturated heterocycles. The average Bonchev–Trinajstić information content (AvgIpc) is 2.44. The zero-order valence-corrected chi connectivity index (χ0v) is 10.9. The number of nitrogens with zero attached hydrogens (tertiary/aromatic N) is 1. The molecule has 0 aliphatic heterocycles. The minimum absolute atomic E-state index is 0.334. The van der Waals surface area contributed by atoms with Gasteiger partial charge in [0, 0.05) is 23.4 Å². The lowest BCUT2D eigenvalue weighted by atomic mass is 10.2. The molecule has 2 rings (SSSR count). The van der Waals surface area contributed by atoms with Crippen molar-refractivity contribution in [3.8, 4) is 11.5 Å². The third kappa shape index (κ3) is 3.55. The van der Waals surface area contributed by atoms with E-state index in [-0.39, 0.29) is 0 Å². The third-order valence-corrected chi connectivity index (χ3v) is 2.60. The fourth-order valence-corrected chi connectivity index (χ4v) is 1.73. The van der Waals surface area contributed by atoms with Crippen LogP contribution in [0.5, 0.6) is 11.5 Å². The lowest BCUT2D eigenvalue weighted by Gasteiger charge is -2.08. The highest BCUT2D eigenvalue weighted by Crippen LogP contribution is 2.17. The van der Waals surface area contributed by atoms with E-state index in [0.717, 1.165) is 23.4 Å². The molecular weight excluding hydrogens is 242 g/mol. The van der Waals surface area contributed by atoms with Crippen LogP contribution in [-0.4, -0.2) is 18.4 Å². The molecule has 0 spiro atoms. The summed E-state index contributed by atoms with van der Waals surface area (Å²) in [5.41, 5.74) is 2.25. The molecule has 0 aliphatic rings. The Kier molecular flexibility index (Phi) is 4.13. The third-order valence-electron chi connectivity index (χ3n) is 2.60. The maximum atomic E-state index is 10.7. The van der Waals surface area contributed by atoms with Crippen molar-refractivity contribution < 1.29 is 14.3 Å². The fourth-order valence-electron chi connectivity index (χ4n) is 1.73. The molecular formula is C15H15NO3. The predicted molar refractivity (Wildman–Crippen MR) is 71.7 cm³/mol. The predicted octanol–water partition coefficient (Wildman–Crippen LogP) is 2.79. The maximum absolute atomic E-state index is 10.7. The molecule has 1 heterocycles. The van der Waals surface area contributed by atoms with Gasteiger partial charge in [0.1, 0.15) is 24.4 Å². The van der Waals surface area contributed by atoms with E-state index in [4.69, 9.17) is 9.47 Å². The van der Waals surface area contributed by atoms with Gasteiger partial charge in [-0.3, -0.25) is 9.78 Å². The number of ether oxygens (including phenoxy) is 2. The SMILES string of the molecule is COc1cc(C)nc(COc2cccc(C=O)c2)c1. The van der Waals surface area contributed by atoms with Crippen molar-refractivity contribution in [3.63, 3.8) is 0 Å². The molecule has 4 nitrogen and oxygen atoms in total. The smallest absolute Gasteiger partial charge is 0.150 e. The fraction of sp³-hybridized carbons (Fsp3) is 0.200. The Morgan fingerprint density at radius 2 is 2.05 bits per heavy atom. The number of carbonyl (C=O) groups is 1. The standard InChI is InChI=1S/C15H15NO3/c1-11-6-15(18-2)8-13(16-11)10-19-14-5-3-4-12(7-14)9-17/h3-9H,10H2,1-2H3. The van der Waals surface area contributed by atoms with Gasteiger partial charge in [-0.15, -0.1) is 0 Å². The Bertz CT molecular complexity index is 581. The summed E-state index contributed by atoms with van der Waals surface area (Å²) in [5.74, 6) is 1.40. The van der Waals surface area contributed by atoms with Gasteiger partial charge in [0.05, 0.1) is 12.8 Å². The number of aryl methyl sites for hydroxylation is 1. The van der Waals surface area contributed by atoms with Gasteiger partial charge in [0.25, 0.3) is 0 Å². The van der Waals surface area contributed by atoms with E-state index < -0.39 is 0 Å². The van der Waals surface area contributed by atoms with E-state index in [1.807, 2.05) is 19.1 Å². The summed E-state index contributed by atoms with van der Waals surface area (Å²) in [6.07, 6.45) is 0.792. The average molecular weight is 257 g/mol. The van der Waals surface area contributed by atoms with Crippen molar-refractivity contribution in [2.75, 3.05) is 7.11 Å². The van der Waals surface area contributed by atoms with E-state index in [2.05, 4.69) is 4.98 Å². The lowest BCUT2D eigenvalue weighted by Crippen LogP contribution is -2.00. The van der Waals surface area contributed by atoms with Crippen LogP contribution in [0.15, 0.2) is 36.4 Å². The van der Waals surface area contributed by atoms with Crippen LogP contribution < -0.4 is 9.47 Å². The van der Waals surface area contributed by atoms with Crippen molar-refractivity contribution in [2.24, 2.45) is 0 Å². The summed E-state index contributed by atoms with van der Waals surface area (Å²) in [4.78, 5) is 15.0. The Balaban J connectivity index is 2.09. The molecule has 0 radical (unpaired) electrons. The Labute approximate surface area is 112 Å². The van der Waals surface area contributed by atoms with Crippen molar-refractivity contribution in [1.29, 1.82) is 0 Å². The molecule has 0 atom stereocenters. The second-order valence-electron chi connectivity index (χ2n) is 4.12. The van der Waals surface area contributed by atoms with Crippen molar-refractivity contribution in [3.05, 3.63) is 53.3 Å². The van der Waals surface area contributed by atoms with Crippen LogP contribution in [0.4, 0.5) is 0 Å². The van der Waals surface area contributed by atoms with Gasteiger partial charge in [-0.05, 0) is 19.1 Å². The minimum Gasteiger partial charge on any atom is -0.497 e. The quantitative estimate of drug-likeness (QED) is 0.773. The molecule has 2 aromatic rings. The molecule has 0 amide bonds. The molecule has 0 unspecified atom stereocenters. The van der Waals surface area contributed by atoms with Gasteiger partial charge in [-0.2, -0.15) is 0 Å². The number of aldehydes is 1. The van der Waals surface area contributed by atoms with Crippen LogP contribution >= 0.6 is 0 Å². The zero-order chi connectivity index (χ0) is 13.7. The Morgan fingerprint density at radius 1 is 1.21 bits per heavy atom. The number of hydrogen-bond acceptors (Lipinski definition) is 4. The van der Waals surface area contributed by atoms with Crippen molar-refractivity contribution >= 4 is 6.29 Å². The Morgan fingerprint density at radius 3 is 2.79 bits per heavy atom. The lowest BCUT2D eigenvalue weighted by molar-refractivity contribution is 0.112. The minimum atomic E-state index is 0.334. The van der Waals surface area contributed by atoms with Gasteiger partial charge in [-0.25, -0.2) is 0 Å². The van der Waals surface area contributed by atoms with Gasteiger partial charge in [0.15, 0.2) is 0 Å². The summed E-state index contributed by atoms with van der Waals surface area (Å²) >= 11 is 0. The highest BCUT2D eigenvalue weighted by Gasteiger charge is 2.02. The van der Waals surface area contributed by atoms with Crippen molar-refractivity contribution in [1.82, 2.24) is 4.98 Å². The normalized spacial score (nSPS) is 10.0. The first-order valence-corrected chi connectivity index (χ1v) is 5.91.